The van der Waals surface area contributed by atoms with E-state index < -0.39 is 70.8 Å². The van der Waals surface area contributed by atoms with Crippen molar-refractivity contribution in [3.8, 4) is 0 Å². The predicted molar refractivity (Wildman–Crippen MR) is 141 cm³/mol. The molecule has 5 nitrogen and oxygen atoms in total. The Labute approximate surface area is 255 Å². The first-order valence-electron chi connectivity index (χ1n) is 13.7. The van der Waals surface area contributed by atoms with Crippen molar-refractivity contribution in [2.75, 3.05) is 0 Å². The van der Waals surface area contributed by atoms with Crippen LogP contribution in [0.3, 0.4) is 0 Å². The van der Waals surface area contributed by atoms with Crippen LogP contribution < -0.4 is 0 Å². The van der Waals surface area contributed by atoms with Gasteiger partial charge < -0.3 is 19.7 Å². The Morgan fingerprint density at radius 2 is 1.04 bits per heavy atom. The molecule has 0 aliphatic heterocycles. The summed E-state index contributed by atoms with van der Waals surface area (Å²) < 4.78 is 164. The molecule has 17 heteroatoms. The van der Waals surface area contributed by atoms with Crippen LogP contribution in [-0.4, -0.2) is 63.8 Å². The van der Waals surface area contributed by atoms with Crippen LogP contribution in [0, 0.1) is 16.7 Å². The molecule has 0 fully saturated rings. The number of alkyl halides is 12. The van der Waals surface area contributed by atoms with E-state index in [0.717, 1.165) is 0 Å². The van der Waals surface area contributed by atoms with Crippen LogP contribution in [0.25, 0.3) is 0 Å². The lowest BCUT2D eigenvalue weighted by Gasteiger charge is -2.44. The molecule has 0 aromatic heterocycles. The number of rotatable bonds is 12. The zero-order valence-corrected chi connectivity index (χ0v) is 26.8. The van der Waals surface area contributed by atoms with Crippen LogP contribution in [0.5, 0.6) is 0 Å². The molecular formula is C28H44F12O5. The maximum Gasteiger partial charge on any atom is 0.430 e. The molecular weight excluding hydrogens is 644 g/mol. The smallest absolute Gasteiger partial charge is 0.430 e. The van der Waals surface area contributed by atoms with E-state index in [4.69, 9.17) is 4.74 Å². The van der Waals surface area contributed by atoms with Gasteiger partial charge in [0.1, 0.15) is 6.10 Å². The molecule has 0 amide bonds. The van der Waals surface area contributed by atoms with Crippen LogP contribution in [0.4, 0.5) is 52.7 Å². The molecule has 2 N–H and O–H groups in total. The molecule has 0 radical (unpaired) electrons. The van der Waals surface area contributed by atoms with Crippen molar-refractivity contribution in [3.63, 3.8) is 0 Å². The number of carbonyl (C=O) groups is 1. The average molecular weight is 689 g/mol. The van der Waals surface area contributed by atoms with Crippen molar-refractivity contribution < 1.29 is 77.2 Å². The minimum Gasteiger partial charge on any atom is -0.495 e. The van der Waals surface area contributed by atoms with E-state index in [-0.39, 0.29) is 24.5 Å². The summed E-state index contributed by atoms with van der Waals surface area (Å²) in [5.74, 6) is -1.39. The fourth-order valence-electron chi connectivity index (χ4n) is 3.41. The van der Waals surface area contributed by atoms with E-state index >= 15 is 0 Å². The summed E-state index contributed by atoms with van der Waals surface area (Å²) >= 11 is 0. The van der Waals surface area contributed by atoms with E-state index in [1.807, 2.05) is 0 Å². The number of allylic oxidation sites excluding steroid dienone is 1. The Morgan fingerprint density at radius 1 is 0.689 bits per heavy atom. The van der Waals surface area contributed by atoms with Crippen molar-refractivity contribution >= 4 is 5.97 Å². The number of ether oxygens (including phenoxy) is 2. The van der Waals surface area contributed by atoms with Gasteiger partial charge in [-0.2, -0.15) is 52.7 Å². The SMILES string of the molecule is C=C(OC(CC(C)C)CC(O)(C(F)(F)F)C(F)(F)F)C(C)(C)CC.CCC(C)(C)C(=O)OC(C)(C)C(O)(C(F)(F)F)C(F)(F)F. The predicted octanol–water partition coefficient (Wildman–Crippen LogP) is 9.21. The van der Waals surface area contributed by atoms with Gasteiger partial charge in [0.15, 0.2) is 5.60 Å². The van der Waals surface area contributed by atoms with Crippen LogP contribution in [0.1, 0.15) is 94.9 Å². The van der Waals surface area contributed by atoms with Crippen molar-refractivity contribution in [1.29, 1.82) is 0 Å². The van der Waals surface area contributed by atoms with Gasteiger partial charge in [0.25, 0.3) is 11.2 Å². The van der Waals surface area contributed by atoms with Crippen molar-refractivity contribution in [2.45, 2.75) is 143 Å². The molecule has 45 heavy (non-hydrogen) atoms. The molecule has 0 aliphatic rings. The largest absolute Gasteiger partial charge is 0.495 e. The molecule has 1 unspecified atom stereocenters. The molecule has 0 heterocycles. The second-order valence-corrected chi connectivity index (χ2v) is 12.9. The average Bonchev–Trinajstić information content (AvgIpc) is 2.79. The van der Waals surface area contributed by atoms with Gasteiger partial charge in [0.05, 0.1) is 11.2 Å². The van der Waals surface area contributed by atoms with E-state index in [1.165, 1.54) is 20.8 Å². The van der Waals surface area contributed by atoms with Crippen LogP contribution >= 0.6 is 0 Å². The van der Waals surface area contributed by atoms with Crippen molar-refractivity contribution in [2.24, 2.45) is 16.7 Å². The van der Waals surface area contributed by atoms with Gasteiger partial charge in [-0.3, -0.25) is 4.79 Å². The highest BCUT2D eigenvalue weighted by Gasteiger charge is 2.79. The number of hydrogen-bond acceptors (Lipinski definition) is 5. The van der Waals surface area contributed by atoms with Crippen LogP contribution in [0.2, 0.25) is 0 Å². The molecule has 0 aromatic carbocycles. The van der Waals surface area contributed by atoms with Gasteiger partial charge in [-0.25, -0.2) is 0 Å². The van der Waals surface area contributed by atoms with Gasteiger partial charge in [-0.1, -0.05) is 48.1 Å². The second-order valence-electron chi connectivity index (χ2n) is 12.9. The van der Waals surface area contributed by atoms with E-state index in [9.17, 15) is 67.7 Å². The summed E-state index contributed by atoms with van der Waals surface area (Å²) in [5, 5.41) is 18.7. The number of hydrogen-bond donors (Lipinski definition) is 2. The second kappa shape index (κ2) is 14.5. The minimum atomic E-state index is -6.06. The lowest BCUT2D eigenvalue weighted by molar-refractivity contribution is -0.408. The maximum atomic E-state index is 12.9. The van der Waals surface area contributed by atoms with E-state index in [1.54, 1.807) is 34.6 Å². The molecule has 0 bridgehead atoms. The summed E-state index contributed by atoms with van der Waals surface area (Å²) in [6.45, 7) is 17.1. The number of esters is 1. The normalized spacial score (nSPS) is 15.3. The van der Waals surface area contributed by atoms with Gasteiger partial charge in [-0.15, -0.1) is 0 Å². The minimum absolute atomic E-state index is 0.0761. The monoisotopic (exact) mass is 688 g/mol. The van der Waals surface area contributed by atoms with Crippen LogP contribution in [0.15, 0.2) is 12.3 Å². The Hall–Kier alpha value is -1.91. The van der Waals surface area contributed by atoms with E-state index in [0.29, 0.717) is 20.3 Å². The molecule has 1 atom stereocenters. The Balaban J connectivity index is 0. The standard InChI is InChI=1S/C16H26F6O2.C12H18F6O3/c1-7-13(5,6)11(4)24-12(8-10(2)3)9-14(23,15(17,18)19)16(20,21)22;1-6-8(2,3)7(19)21-9(4,5)10(20,11(13,14)15)12(16,17)18/h10,12,23H,4,7-9H2,1-3,5-6H3;20H,6H2,1-5H3. The summed E-state index contributed by atoms with van der Waals surface area (Å²) in [6, 6.07) is 0. The zero-order chi connectivity index (χ0) is 37.1. The summed E-state index contributed by atoms with van der Waals surface area (Å²) in [7, 11) is 0. The van der Waals surface area contributed by atoms with E-state index in [2.05, 4.69) is 11.3 Å². The molecule has 0 spiro atoms. The fraction of sp³-hybridized carbons (Fsp3) is 0.893. The summed E-state index contributed by atoms with van der Waals surface area (Å²) in [6.07, 6.45) is -26.3. The quantitative estimate of drug-likeness (QED) is 0.122. The molecule has 0 aromatic rings. The topological polar surface area (TPSA) is 76.0 Å². The Bertz CT molecular complexity index is 946. The van der Waals surface area contributed by atoms with Gasteiger partial charge in [0, 0.05) is 11.8 Å². The third-order valence-electron chi connectivity index (χ3n) is 7.62. The maximum absolute atomic E-state index is 12.9. The van der Waals surface area contributed by atoms with Crippen molar-refractivity contribution in [1.82, 2.24) is 0 Å². The highest BCUT2D eigenvalue weighted by atomic mass is 19.4. The summed E-state index contributed by atoms with van der Waals surface area (Å²) in [4.78, 5) is 11.7. The van der Waals surface area contributed by atoms with Crippen molar-refractivity contribution in [3.05, 3.63) is 12.3 Å². The Kier molecular flexibility index (Phi) is 14.5. The Morgan fingerprint density at radius 3 is 1.31 bits per heavy atom. The summed E-state index contributed by atoms with van der Waals surface area (Å²) in [5.41, 5.74) is -15.1. The van der Waals surface area contributed by atoms with Crippen LogP contribution in [-0.2, 0) is 14.3 Å². The third-order valence-corrected chi connectivity index (χ3v) is 7.62. The fourth-order valence-corrected chi connectivity index (χ4v) is 3.41. The molecule has 0 saturated carbocycles. The number of carbonyl (C=O) groups excluding carboxylic acids is 1. The molecule has 270 valence electrons. The molecule has 0 rings (SSSR count). The van der Waals surface area contributed by atoms with Gasteiger partial charge in [0.2, 0.25) is 0 Å². The first-order valence-corrected chi connectivity index (χ1v) is 13.7. The van der Waals surface area contributed by atoms with Gasteiger partial charge >= 0.3 is 30.7 Å². The molecule has 0 saturated heterocycles. The molecule has 0 aliphatic carbocycles. The zero-order valence-electron chi connectivity index (χ0n) is 26.8. The number of halogens is 12. The lowest BCUT2D eigenvalue weighted by Crippen LogP contribution is -2.70. The first-order chi connectivity index (χ1) is 19.4. The van der Waals surface area contributed by atoms with Gasteiger partial charge in [-0.05, 0) is 52.9 Å². The first kappa shape index (κ1) is 45.2. The lowest BCUT2D eigenvalue weighted by atomic mass is 9.83. The third kappa shape index (κ3) is 10.8. The highest BCUT2D eigenvalue weighted by Crippen LogP contribution is 2.51. The number of aliphatic hydroxyl groups is 2. The highest BCUT2D eigenvalue weighted by molar-refractivity contribution is 5.76.